The lowest BCUT2D eigenvalue weighted by molar-refractivity contribution is -0.116. The summed E-state index contributed by atoms with van der Waals surface area (Å²) < 4.78 is 12.6. The van der Waals surface area contributed by atoms with Crippen molar-refractivity contribution in [3.05, 3.63) is 94.0 Å². The van der Waals surface area contributed by atoms with Crippen LogP contribution in [0.4, 0.5) is 0 Å². The van der Waals surface area contributed by atoms with Crippen LogP contribution in [0.2, 0.25) is 0 Å². The van der Waals surface area contributed by atoms with Crippen LogP contribution in [0.1, 0.15) is 46.7 Å². The van der Waals surface area contributed by atoms with Crippen LogP contribution < -0.4 is 9.47 Å². The number of hydrogen-bond acceptors (Lipinski definition) is 3. The first-order chi connectivity index (χ1) is 14.5. The van der Waals surface area contributed by atoms with E-state index in [-0.39, 0.29) is 5.78 Å². The highest BCUT2D eigenvalue weighted by Crippen LogP contribution is 2.39. The molecule has 0 radical (unpaired) electrons. The van der Waals surface area contributed by atoms with Gasteiger partial charge in [0.1, 0.15) is 30.5 Å². The molecule has 3 rings (SSSR count). The Labute approximate surface area is 179 Å². The highest BCUT2D eigenvalue weighted by Gasteiger charge is 2.20. The molecule has 3 nitrogen and oxygen atoms in total. The van der Waals surface area contributed by atoms with E-state index >= 15 is 0 Å². The zero-order chi connectivity index (χ0) is 21.5. The lowest BCUT2D eigenvalue weighted by atomic mass is 9.94. The Balaban J connectivity index is 1.93. The van der Waals surface area contributed by atoms with E-state index in [0.717, 1.165) is 44.9 Å². The van der Waals surface area contributed by atoms with Gasteiger partial charge in [-0.3, -0.25) is 0 Å². The number of rotatable bonds is 9. The SMILES string of the molecule is CC(=O)CCc1c(C)c(OCc2ccccc2)c(C)c(C)c1OCc1ccccc1. The topological polar surface area (TPSA) is 35.5 Å². The fraction of sp³-hybridized carbons (Fsp3) is 0.296. The van der Waals surface area contributed by atoms with Crippen molar-refractivity contribution >= 4 is 5.78 Å². The molecule has 0 aliphatic rings. The highest BCUT2D eigenvalue weighted by atomic mass is 16.5. The maximum absolute atomic E-state index is 11.7. The predicted octanol–water partition coefficient (Wildman–Crippen LogP) is 6.29. The first-order valence-corrected chi connectivity index (χ1v) is 10.4. The summed E-state index contributed by atoms with van der Waals surface area (Å²) in [5.41, 5.74) is 6.51. The van der Waals surface area contributed by atoms with Gasteiger partial charge in [0, 0.05) is 12.0 Å². The minimum Gasteiger partial charge on any atom is -0.488 e. The van der Waals surface area contributed by atoms with E-state index in [1.165, 1.54) is 0 Å². The molecule has 0 saturated heterocycles. The van der Waals surface area contributed by atoms with Gasteiger partial charge in [-0.25, -0.2) is 0 Å². The Morgan fingerprint density at radius 3 is 1.67 bits per heavy atom. The first kappa shape index (κ1) is 21.6. The smallest absolute Gasteiger partial charge is 0.130 e. The Hall–Kier alpha value is -3.07. The van der Waals surface area contributed by atoms with Gasteiger partial charge in [0.05, 0.1) is 0 Å². The van der Waals surface area contributed by atoms with Crippen LogP contribution in [0.5, 0.6) is 11.5 Å². The van der Waals surface area contributed by atoms with Gasteiger partial charge in [0.2, 0.25) is 0 Å². The van der Waals surface area contributed by atoms with Crippen molar-refractivity contribution in [2.75, 3.05) is 0 Å². The molecule has 3 aromatic carbocycles. The zero-order valence-corrected chi connectivity index (χ0v) is 18.3. The van der Waals surface area contributed by atoms with Crippen molar-refractivity contribution in [2.45, 2.75) is 53.8 Å². The summed E-state index contributed by atoms with van der Waals surface area (Å²) in [7, 11) is 0. The zero-order valence-electron chi connectivity index (χ0n) is 18.3. The summed E-state index contributed by atoms with van der Waals surface area (Å²) in [6.45, 7) is 8.86. The molecule has 0 spiro atoms. The molecule has 0 N–H and O–H groups in total. The van der Waals surface area contributed by atoms with Crippen LogP contribution in [0.15, 0.2) is 60.7 Å². The lowest BCUT2D eigenvalue weighted by Crippen LogP contribution is -2.09. The van der Waals surface area contributed by atoms with Crippen molar-refractivity contribution in [1.29, 1.82) is 0 Å². The van der Waals surface area contributed by atoms with Crippen molar-refractivity contribution in [3.8, 4) is 11.5 Å². The van der Waals surface area contributed by atoms with Gasteiger partial charge < -0.3 is 14.3 Å². The molecular weight excluding hydrogens is 372 g/mol. The monoisotopic (exact) mass is 402 g/mol. The summed E-state index contributed by atoms with van der Waals surface area (Å²) in [6.07, 6.45) is 1.14. The fourth-order valence-corrected chi connectivity index (χ4v) is 3.63. The molecule has 3 aromatic rings. The Morgan fingerprint density at radius 2 is 1.17 bits per heavy atom. The third kappa shape index (κ3) is 5.29. The second kappa shape index (κ2) is 10.1. The number of hydrogen-bond donors (Lipinski definition) is 0. The molecule has 30 heavy (non-hydrogen) atoms. The van der Waals surface area contributed by atoms with Crippen molar-refractivity contribution in [1.82, 2.24) is 0 Å². The third-order valence-electron chi connectivity index (χ3n) is 5.49. The van der Waals surface area contributed by atoms with Gasteiger partial charge in [0.15, 0.2) is 0 Å². The van der Waals surface area contributed by atoms with E-state index < -0.39 is 0 Å². The number of ether oxygens (including phenoxy) is 2. The average Bonchev–Trinajstić information content (AvgIpc) is 2.76. The molecule has 0 atom stereocenters. The van der Waals surface area contributed by atoms with Gasteiger partial charge >= 0.3 is 0 Å². The van der Waals surface area contributed by atoms with E-state index in [0.29, 0.717) is 26.1 Å². The summed E-state index contributed by atoms with van der Waals surface area (Å²) >= 11 is 0. The molecule has 0 amide bonds. The van der Waals surface area contributed by atoms with E-state index in [4.69, 9.17) is 9.47 Å². The predicted molar refractivity (Wildman–Crippen MR) is 121 cm³/mol. The van der Waals surface area contributed by atoms with Gasteiger partial charge in [-0.2, -0.15) is 0 Å². The van der Waals surface area contributed by atoms with Crippen molar-refractivity contribution in [2.24, 2.45) is 0 Å². The molecule has 3 heteroatoms. The van der Waals surface area contributed by atoms with Gasteiger partial charge in [-0.05, 0) is 61.9 Å². The number of Topliss-reactive ketones (excluding diaryl/α,β-unsaturated/α-hetero) is 1. The van der Waals surface area contributed by atoms with Gasteiger partial charge in [-0.1, -0.05) is 60.7 Å². The third-order valence-corrected chi connectivity index (χ3v) is 5.49. The molecule has 0 heterocycles. The normalized spacial score (nSPS) is 10.7. The fourth-order valence-electron chi connectivity index (χ4n) is 3.63. The Bertz CT molecular complexity index is 992. The Kier molecular flexibility index (Phi) is 7.29. The van der Waals surface area contributed by atoms with Gasteiger partial charge in [-0.15, -0.1) is 0 Å². The molecule has 0 bridgehead atoms. The summed E-state index contributed by atoms with van der Waals surface area (Å²) in [6, 6.07) is 20.3. The van der Waals surface area contributed by atoms with E-state index in [9.17, 15) is 4.79 Å². The summed E-state index contributed by atoms with van der Waals surface area (Å²) in [4.78, 5) is 11.7. The van der Waals surface area contributed by atoms with Gasteiger partial charge in [0.25, 0.3) is 0 Å². The average molecular weight is 403 g/mol. The first-order valence-electron chi connectivity index (χ1n) is 10.4. The summed E-state index contributed by atoms with van der Waals surface area (Å²) in [5.74, 6) is 1.94. The molecular formula is C27H30O3. The number of benzene rings is 3. The maximum Gasteiger partial charge on any atom is 0.130 e. The van der Waals surface area contributed by atoms with E-state index in [1.54, 1.807) is 6.92 Å². The van der Waals surface area contributed by atoms with Crippen LogP contribution in [-0.2, 0) is 24.4 Å². The number of carbonyl (C=O) groups is 1. The molecule has 0 aliphatic carbocycles. The maximum atomic E-state index is 11.7. The molecule has 156 valence electrons. The van der Waals surface area contributed by atoms with Crippen LogP contribution >= 0.6 is 0 Å². The second-order valence-corrected chi connectivity index (χ2v) is 7.76. The molecule has 0 unspecified atom stereocenters. The largest absolute Gasteiger partial charge is 0.488 e. The minimum absolute atomic E-state index is 0.174. The molecule has 0 aromatic heterocycles. The molecule has 0 fully saturated rings. The quantitative estimate of drug-likeness (QED) is 0.422. The van der Waals surface area contributed by atoms with Crippen LogP contribution in [0.25, 0.3) is 0 Å². The summed E-state index contributed by atoms with van der Waals surface area (Å²) in [5, 5.41) is 0. The van der Waals surface area contributed by atoms with E-state index in [2.05, 4.69) is 45.0 Å². The number of ketones is 1. The molecule has 0 aliphatic heterocycles. The highest BCUT2D eigenvalue weighted by molar-refractivity contribution is 5.76. The second-order valence-electron chi connectivity index (χ2n) is 7.76. The standard InChI is InChI=1S/C27H30O3/c1-19(28)15-16-25-22(4)26(29-17-23-11-7-5-8-12-23)20(2)21(3)27(25)30-18-24-13-9-6-10-14-24/h5-14H,15-18H2,1-4H3. The minimum atomic E-state index is 0.174. The lowest BCUT2D eigenvalue weighted by Gasteiger charge is -2.23. The molecule has 0 saturated carbocycles. The Morgan fingerprint density at radius 1 is 0.700 bits per heavy atom. The van der Waals surface area contributed by atoms with Crippen LogP contribution in [-0.4, -0.2) is 5.78 Å². The van der Waals surface area contributed by atoms with Crippen molar-refractivity contribution in [3.63, 3.8) is 0 Å². The van der Waals surface area contributed by atoms with Crippen LogP contribution in [0, 0.1) is 20.8 Å². The van der Waals surface area contributed by atoms with E-state index in [1.807, 2.05) is 36.4 Å². The van der Waals surface area contributed by atoms with Crippen LogP contribution in [0.3, 0.4) is 0 Å². The van der Waals surface area contributed by atoms with Crippen molar-refractivity contribution < 1.29 is 14.3 Å². The number of carbonyl (C=O) groups excluding carboxylic acids is 1.